The first kappa shape index (κ1) is 19.2. The lowest BCUT2D eigenvalue weighted by Crippen LogP contribution is -2.48. The summed E-state index contributed by atoms with van der Waals surface area (Å²) in [5.41, 5.74) is 0. The van der Waals surface area contributed by atoms with E-state index in [0.717, 1.165) is 38.4 Å². The van der Waals surface area contributed by atoms with Crippen molar-refractivity contribution in [1.82, 2.24) is 15.5 Å². The van der Waals surface area contributed by atoms with Crippen molar-refractivity contribution >= 4 is 15.8 Å². The number of sulfone groups is 1. The fraction of sp³-hybridized carbons (Fsp3) is 0.933. The Labute approximate surface area is 135 Å². The van der Waals surface area contributed by atoms with Crippen LogP contribution in [-0.2, 0) is 9.84 Å². The summed E-state index contributed by atoms with van der Waals surface area (Å²) in [5, 5.41) is 6.64. The summed E-state index contributed by atoms with van der Waals surface area (Å²) >= 11 is 0. The molecule has 0 unspecified atom stereocenters. The van der Waals surface area contributed by atoms with Gasteiger partial charge in [-0.2, -0.15) is 0 Å². The maximum atomic E-state index is 11.5. The summed E-state index contributed by atoms with van der Waals surface area (Å²) in [7, 11) is -2.95. The predicted molar refractivity (Wildman–Crippen MR) is 93.2 cm³/mol. The molecule has 6 nitrogen and oxygen atoms in total. The van der Waals surface area contributed by atoms with E-state index in [2.05, 4.69) is 27.4 Å². The van der Waals surface area contributed by atoms with E-state index in [-0.39, 0.29) is 11.5 Å². The van der Waals surface area contributed by atoms with Gasteiger partial charge in [-0.25, -0.2) is 8.42 Å². The number of rotatable bonds is 8. The summed E-state index contributed by atoms with van der Waals surface area (Å²) in [5.74, 6) is 1.04. The second kappa shape index (κ2) is 10.0. The molecule has 0 amide bonds. The number of nitrogens with zero attached hydrogens (tertiary/aromatic N) is 2. The molecule has 0 radical (unpaired) electrons. The van der Waals surface area contributed by atoms with Crippen molar-refractivity contribution in [2.24, 2.45) is 4.99 Å². The summed E-state index contributed by atoms with van der Waals surface area (Å²) in [6.07, 6.45) is 3.42. The first-order chi connectivity index (χ1) is 10.5. The van der Waals surface area contributed by atoms with Gasteiger partial charge in [-0.1, -0.05) is 13.8 Å². The molecule has 130 valence electrons. The van der Waals surface area contributed by atoms with E-state index < -0.39 is 9.84 Å². The van der Waals surface area contributed by atoms with Crippen LogP contribution in [0.4, 0.5) is 0 Å². The zero-order chi connectivity index (χ0) is 16.4. The quantitative estimate of drug-likeness (QED) is 0.509. The van der Waals surface area contributed by atoms with Crippen molar-refractivity contribution in [1.29, 1.82) is 0 Å². The number of aliphatic imine (C=N–C) groups is 1. The van der Waals surface area contributed by atoms with Crippen molar-refractivity contribution in [2.75, 3.05) is 44.2 Å². The molecule has 22 heavy (non-hydrogen) atoms. The van der Waals surface area contributed by atoms with E-state index in [1.54, 1.807) is 6.92 Å². The van der Waals surface area contributed by atoms with Gasteiger partial charge in [0, 0.05) is 31.4 Å². The lowest BCUT2D eigenvalue weighted by atomic mass is 10.1. The monoisotopic (exact) mass is 332 g/mol. The van der Waals surface area contributed by atoms with E-state index in [4.69, 9.17) is 0 Å². The van der Waals surface area contributed by atoms with Gasteiger partial charge in [-0.15, -0.1) is 0 Å². The molecular weight excluding hydrogens is 300 g/mol. The van der Waals surface area contributed by atoms with E-state index >= 15 is 0 Å². The van der Waals surface area contributed by atoms with Gasteiger partial charge in [0.25, 0.3) is 0 Å². The Hall–Kier alpha value is -0.820. The van der Waals surface area contributed by atoms with Crippen molar-refractivity contribution in [3.63, 3.8) is 0 Å². The minimum atomic E-state index is -2.95. The molecule has 0 atom stereocenters. The fourth-order valence-electron chi connectivity index (χ4n) is 2.57. The molecule has 0 aromatic carbocycles. The maximum absolute atomic E-state index is 11.5. The Kier molecular flexibility index (Phi) is 8.78. The number of likely N-dealkylation sites (tertiary alicyclic amines) is 1. The standard InChI is InChI=1S/C15H32N4O2S/c1-4-10-19-11-7-14(8-12-19)18-15(16-5-2)17-9-13-22(20,21)6-3/h14H,4-13H2,1-3H3,(H2,16,17,18). The lowest BCUT2D eigenvalue weighted by Gasteiger charge is -2.32. The molecule has 1 fully saturated rings. The van der Waals surface area contributed by atoms with Crippen LogP contribution in [0.3, 0.4) is 0 Å². The normalized spacial score (nSPS) is 18.4. The third-order valence-corrected chi connectivity index (χ3v) is 5.61. The second-order valence-corrected chi connectivity index (χ2v) is 8.23. The van der Waals surface area contributed by atoms with Crippen LogP contribution in [0.25, 0.3) is 0 Å². The van der Waals surface area contributed by atoms with Crippen LogP contribution in [0.2, 0.25) is 0 Å². The van der Waals surface area contributed by atoms with Gasteiger partial charge in [0.15, 0.2) is 15.8 Å². The second-order valence-electron chi connectivity index (χ2n) is 5.76. The zero-order valence-corrected chi connectivity index (χ0v) is 15.1. The van der Waals surface area contributed by atoms with Crippen LogP contribution in [0.15, 0.2) is 4.99 Å². The van der Waals surface area contributed by atoms with Crippen molar-refractivity contribution < 1.29 is 8.42 Å². The van der Waals surface area contributed by atoms with E-state index in [1.165, 1.54) is 13.0 Å². The van der Waals surface area contributed by atoms with Gasteiger partial charge in [-0.3, -0.25) is 4.99 Å². The fourth-order valence-corrected chi connectivity index (χ4v) is 3.23. The average Bonchev–Trinajstić information content (AvgIpc) is 2.49. The van der Waals surface area contributed by atoms with E-state index in [1.807, 2.05) is 6.92 Å². The largest absolute Gasteiger partial charge is 0.357 e. The summed E-state index contributed by atoms with van der Waals surface area (Å²) in [4.78, 5) is 6.89. The first-order valence-electron chi connectivity index (χ1n) is 8.48. The Balaban J connectivity index is 2.44. The van der Waals surface area contributed by atoms with Crippen molar-refractivity contribution in [3.8, 4) is 0 Å². The number of hydrogen-bond donors (Lipinski definition) is 2. The average molecular weight is 333 g/mol. The van der Waals surface area contributed by atoms with Crippen LogP contribution >= 0.6 is 0 Å². The third-order valence-electron chi connectivity index (χ3n) is 3.92. The van der Waals surface area contributed by atoms with Gasteiger partial charge in [0.05, 0.1) is 12.3 Å². The Bertz CT molecular complexity index is 429. The van der Waals surface area contributed by atoms with Gasteiger partial charge in [0.2, 0.25) is 0 Å². The topological polar surface area (TPSA) is 73.8 Å². The van der Waals surface area contributed by atoms with Crippen molar-refractivity contribution in [2.45, 2.75) is 46.1 Å². The summed E-state index contributed by atoms with van der Waals surface area (Å²) in [6.45, 7) is 10.4. The number of hydrogen-bond acceptors (Lipinski definition) is 4. The maximum Gasteiger partial charge on any atom is 0.191 e. The Morgan fingerprint density at radius 1 is 1.23 bits per heavy atom. The van der Waals surface area contributed by atoms with Crippen LogP contribution in [-0.4, -0.2) is 69.5 Å². The summed E-state index contributed by atoms with van der Waals surface area (Å²) in [6, 6.07) is 0.425. The highest BCUT2D eigenvalue weighted by atomic mass is 32.2. The molecular formula is C15H32N4O2S. The lowest BCUT2D eigenvalue weighted by molar-refractivity contribution is 0.206. The number of piperidine rings is 1. The number of guanidine groups is 1. The minimum absolute atomic E-state index is 0.120. The molecule has 7 heteroatoms. The molecule has 1 saturated heterocycles. The molecule has 0 aromatic rings. The highest BCUT2D eigenvalue weighted by Crippen LogP contribution is 2.10. The summed E-state index contributed by atoms with van der Waals surface area (Å²) < 4.78 is 23.0. The van der Waals surface area contributed by atoms with Crippen LogP contribution in [0, 0.1) is 0 Å². The SMILES string of the molecule is CCCN1CCC(NC(=NCCS(=O)(=O)CC)NCC)CC1. The molecule has 1 rings (SSSR count). The Morgan fingerprint density at radius 3 is 2.45 bits per heavy atom. The van der Waals surface area contributed by atoms with Crippen molar-refractivity contribution in [3.05, 3.63) is 0 Å². The van der Waals surface area contributed by atoms with Gasteiger partial charge >= 0.3 is 0 Å². The van der Waals surface area contributed by atoms with Crippen LogP contribution in [0.1, 0.15) is 40.0 Å². The molecule has 0 aromatic heterocycles. The van der Waals surface area contributed by atoms with Crippen LogP contribution < -0.4 is 10.6 Å². The third kappa shape index (κ3) is 7.45. The highest BCUT2D eigenvalue weighted by molar-refractivity contribution is 7.91. The molecule has 0 saturated carbocycles. The zero-order valence-electron chi connectivity index (χ0n) is 14.3. The predicted octanol–water partition coefficient (Wildman–Crippen LogP) is 0.851. The number of nitrogens with one attached hydrogen (secondary N) is 2. The smallest absolute Gasteiger partial charge is 0.191 e. The van der Waals surface area contributed by atoms with Crippen LogP contribution in [0.5, 0.6) is 0 Å². The Morgan fingerprint density at radius 2 is 1.91 bits per heavy atom. The molecule has 1 aliphatic rings. The molecule has 1 aliphatic heterocycles. The van der Waals surface area contributed by atoms with Gasteiger partial charge in [0.1, 0.15) is 0 Å². The molecule has 0 spiro atoms. The van der Waals surface area contributed by atoms with Gasteiger partial charge in [-0.05, 0) is 32.7 Å². The van der Waals surface area contributed by atoms with E-state index in [9.17, 15) is 8.42 Å². The highest BCUT2D eigenvalue weighted by Gasteiger charge is 2.19. The molecule has 0 bridgehead atoms. The van der Waals surface area contributed by atoms with Gasteiger partial charge < -0.3 is 15.5 Å². The minimum Gasteiger partial charge on any atom is -0.357 e. The molecule has 1 heterocycles. The molecule has 2 N–H and O–H groups in total. The van der Waals surface area contributed by atoms with E-state index in [0.29, 0.717) is 12.6 Å². The first-order valence-corrected chi connectivity index (χ1v) is 10.3. The molecule has 0 aliphatic carbocycles.